The topological polar surface area (TPSA) is 211 Å². The molecule has 0 aromatic heterocycles. The lowest BCUT2D eigenvalue weighted by Crippen LogP contribution is -2.47. The molecule has 0 saturated heterocycles. The summed E-state index contributed by atoms with van der Waals surface area (Å²) in [4.78, 5) is 75.1. The predicted molar refractivity (Wildman–Crippen MR) is 216 cm³/mol. The van der Waals surface area contributed by atoms with Crippen LogP contribution in [0, 0.1) is 11.8 Å². The van der Waals surface area contributed by atoms with Gasteiger partial charge in [0.15, 0.2) is 0 Å². The number of fused-ring (bicyclic) bond motifs is 2. The highest BCUT2D eigenvalue weighted by molar-refractivity contribution is 5.97. The minimum atomic E-state index is -1.20. The van der Waals surface area contributed by atoms with Gasteiger partial charge in [-0.3, -0.25) is 24.0 Å². The summed E-state index contributed by atoms with van der Waals surface area (Å²) >= 11 is 0. The largest absolute Gasteiger partial charge is 0.480 e. The number of hydrogen-bond donors (Lipinski definition) is 5. The van der Waals surface area contributed by atoms with Crippen molar-refractivity contribution < 1.29 is 52.8 Å². The average Bonchev–Trinajstić information content (AvgIpc) is 3.23. The van der Waals surface area contributed by atoms with Crippen LogP contribution in [0.3, 0.4) is 0 Å². The molecular formula is C43H51N5O11. The van der Waals surface area contributed by atoms with Crippen LogP contribution in [0.25, 0.3) is 0 Å². The van der Waals surface area contributed by atoms with Gasteiger partial charge in [0.25, 0.3) is 0 Å². The van der Waals surface area contributed by atoms with Crippen LogP contribution in [-0.4, -0.2) is 119 Å². The minimum Gasteiger partial charge on any atom is -0.480 e. The number of hydrogen-bond acceptors (Lipinski definition) is 10. The monoisotopic (exact) mass is 813 g/mol. The van der Waals surface area contributed by atoms with Gasteiger partial charge in [-0.05, 0) is 29.3 Å². The summed E-state index contributed by atoms with van der Waals surface area (Å²) in [5.41, 5.74) is 4.06. The van der Waals surface area contributed by atoms with Gasteiger partial charge in [-0.1, -0.05) is 72.5 Å². The smallest absolute Gasteiger partial charge is 0.326 e. The number of aliphatic carboxylic acids is 1. The van der Waals surface area contributed by atoms with E-state index >= 15 is 0 Å². The molecular weight excluding hydrogens is 762 g/mol. The third-order valence-electron chi connectivity index (χ3n) is 8.71. The van der Waals surface area contributed by atoms with Crippen LogP contribution in [0.15, 0.2) is 78.9 Å². The highest BCUT2D eigenvalue weighted by Crippen LogP contribution is 2.26. The second-order valence-corrected chi connectivity index (χ2v) is 13.2. The van der Waals surface area contributed by atoms with E-state index in [4.69, 9.17) is 18.9 Å². The SMILES string of the molecule is O=C(CCC(=O)N1Cc2ccccc2C#Cc2ccccc21)NCCOCCOCCOCCOCCC(=O)NCC(=O)NCC(=O)N[C@@H](Cc1ccccc1)C(=O)O. The molecule has 0 fully saturated rings. The lowest BCUT2D eigenvalue weighted by Gasteiger charge is -2.26. The molecule has 3 aromatic rings. The second-order valence-electron chi connectivity index (χ2n) is 13.2. The van der Waals surface area contributed by atoms with Crippen LogP contribution < -0.4 is 26.2 Å². The highest BCUT2D eigenvalue weighted by atomic mass is 16.6. The lowest BCUT2D eigenvalue weighted by molar-refractivity contribution is -0.141. The first-order valence-corrected chi connectivity index (χ1v) is 19.4. The van der Waals surface area contributed by atoms with Crippen molar-refractivity contribution in [2.45, 2.75) is 38.3 Å². The van der Waals surface area contributed by atoms with Gasteiger partial charge in [0.2, 0.25) is 29.5 Å². The number of nitrogens with one attached hydrogen (secondary N) is 4. The zero-order chi connectivity index (χ0) is 42.1. The number of nitrogens with zero attached hydrogens (tertiary/aromatic N) is 1. The van der Waals surface area contributed by atoms with Crippen LogP contribution in [0.4, 0.5) is 5.69 Å². The summed E-state index contributed by atoms with van der Waals surface area (Å²) in [5.74, 6) is 3.08. The van der Waals surface area contributed by atoms with E-state index in [0.717, 1.165) is 27.9 Å². The fourth-order valence-electron chi connectivity index (χ4n) is 5.64. The molecule has 1 atom stereocenters. The van der Waals surface area contributed by atoms with E-state index in [2.05, 4.69) is 33.1 Å². The number of carbonyl (C=O) groups is 6. The Kier molecular flexibility index (Phi) is 20.1. The van der Waals surface area contributed by atoms with Crippen molar-refractivity contribution in [1.82, 2.24) is 21.3 Å². The zero-order valence-electron chi connectivity index (χ0n) is 32.9. The maximum Gasteiger partial charge on any atom is 0.326 e. The Morgan fingerprint density at radius 2 is 1.15 bits per heavy atom. The van der Waals surface area contributed by atoms with E-state index in [1.165, 1.54) is 0 Å². The minimum absolute atomic E-state index is 0.0143. The molecule has 1 aliphatic heterocycles. The normalized spacial score (nSPS) is 12.0. The summed E-state index contributed by atoms with van der Waals surface area (Å²) < 4.78 is 21.8. The van der Waals surface area contributed by atoms with Crippen molar-refractivity contribution in [1.29, 1.82) is 0 Å². The molecule has 314 valence electrons. The maximum atomic E-state index is 13.3. The summed E-state index contributed by atoms with van der Waals surface area (Å²) in [5, 5.41) is 19.3. The molecule has 5 amide bonds. The van der Waals surface area contributed by atoms with Gasteiger partial charge in [0.05, 0.1) is 78.2 Å². The van der Waals surface area contributed by atoms with Gasteiger partial charge < -0.3 is 50.2 Å². The van der Waals surface area contributed by atoms with Crippen molar-refractivity contribution >= 4 is 41.2 Å². The van der Waals surface area contributed by atoms with Crippen LogP contribution >= 0.6 is 0 Å². The predicted octanol–water partition coefficient (Wildman–Crippen LogP) is 1.33. The molecule has 0 aliphatic carbocycles. The molecule has 0 saturated carbocycles. The highest BCUT2D eigenvalue weighted by Gasteiger charge is 2.22. The number of carbonyl (C=O) groups excluding carboxylic acids is 5. The molecule has 0 bridgehead atoms. The summed E-state index contributed by atoms with van der Waals surface area (Å²) in [7, 11) is 0. The third-order valence-corrected chi connectivity index (χ3v) is 8.71. The molecule has 0 spiro atoms. The Morgan fingerprint density at radius 1 is 0.593 bits per heavy atom. The standard InChI is InChI=1S/C43H51N5O11/c49-38(16-17-42(53)48-31-35-12-5-4-10-33(35)14-15-34-11-6-7-13-37(34)48)44-19-21-57-23-25-59-27-26-58-24-22-56-20-18-39(50)45-29-40(51)46-30-41(52)47-36(43(54)55)28-32-8-2-1-3-9-32/h1-13,36H,16-31H2,(H,44,49)(H,45,50)(H,46,51)(H,47,52)(H,54,55)/t36-/m0/s1. The molecule has 1 heterocycles. The fourth-order valence-corrected chi connectivity index (χ4v) is 5.64. The Bertz CT molecular complexity index is 1910. The van der Waals surface area contributed by atoms with Crippen LogP contribution in [0.5, 0.6) is 0 Å². The van der Waals surface area contributed by atoms with Crippen LogP contribution in [0.2, 0.25) is 0 Å². The molecule has 1 aliphatic rings. The van der Waals surface area contributed by atoms with Crippen molar-refractivity contribution in [2.75, 3.05) is 77.4 Å². The molecule has 3 aromatic carbocycles. The van der Waals surface area contributed by atoms with E-state index in [0.29, 0.717) is 52.7 Å². The number of carboxylic acids is 1. The Hall–Kier alpha value is -6.12. The van der Waals surface area contributed by atoms with E-state index in [-0.39, 0.29) is 57.3 Å². The number of amides is 5. The van der Waals surface area contributed by atoms with Crippen molar-refractivity contribution in [3.05, 3.63) is 101 Å². The molecule has 16 heteroatoms. The Balaban J connectivity index is 0.922. The lowest BCUT2D eigenvalue weighted by atomic mass is 10.0. The van der Waals surface area contributed by atoms with Crippen molar-refractivity contribution in [3.63, 3.8) is 0 Å². The molecule has 0 unspecified atom stereocenters. The first-order chi connectivity index (χ1) is 28.7. The van der Waals surface area contributed by atoms with E-state index in [1.807, 2.05) is 48.5 Å². The first kappa shape index (κ1) is 45.6. The molecule has 0 radical (unpaired) electrons. The van der Waals surface area contributed by atoms with Gasteiger partial charge >= 0.3 is 5.97 Å². The van der Waals surface area contributed by atoms with Crippen molar-refractivity contribution in [3.8, 4) is 11.8 Å². The van der Waals surface area contributed by atoms with Gasteiger partial charge in [-0.25, -0.2) is 4.79 Å². The zero-order valence-corrected chi connectivity index (χ0v) is 32.9. The molecule has 5 N–H and O–H groups in total. The quantitative estimate of drug-likeness (QED) is 0.0577. The molecule has 16 nitrogen and oxygen atoms in total. The van der Waals surface area contributed by atoms with Crippen LogP contribution in [-0.2, 0) is 60.7 Å². The second kappa shape index (κ2) is 26.0. The average molecular weight is 814 g/mol. The number of rotatable bonds is 26. The van der Waals surface area contributed by atoms with Gasteiger partial charge in [-0.15, -0.1) is 0 Å². The van der Waals surface area contributed by atoms with E-state index in [9.17, 15) is 33.9 Å². The summed E-state index contributed by atoms with van der Waals surface area (Å²) in [6, 6.07) is 22.9. The number of anilines is 1. The number of carboxylic acid groups (broad SMARTS) is 1. The number of ether oxygens (including phenoxy) is 4. The fraction of sp³-hybridized carbons (Fsp3) is 0.395. The maximum absolute atomic E-state index is 13.3. The van der Waals surface area contributed by atoms with Crippen LogP contribution in [0.1, 0.15) is 41.5 Å². The molecule has 59 heavy (non-hydrogen) atoms. The number of para-hydroxylation sites is 1. The van der Waals surface area contributed by atoms with Gasteiger partial charge in [0.1, 0.15) is 6.04 Å². The summed E-state index contributed by atoms with van der Waals surface area (Å²) in [6.45, 7) is 2.18. The number of benzene rings is 3. The summed E-state index contributed by atoms with van der Waals surface area (Å²) in [6.07, 6.45) is 0.215. The third kappa shape index (κ3) is 17.5. The van der Waals surface area contributed by atoms with Gasteiger partial charge in [0, 0.05) is 43.4 Å². The van der Waals surface area contributed by atoms with Crippen molar-refractivity contribution in [2.24, 2.45) is 0 Å². The Morgan fingerprint density at radius 3 is 1.86 bits per heavy atom. The van der Waals surface area contributed by atoms with Gasteiger partial charge in [-0.2, -0.15) is 0 Å². The first-order valence-electron chi connectivity index (χ1n) is 19.4. The Labute approximate surface area is 343 Å². The molecule has 4 rings (SSSR count). The van der Waals surface area contributed by atoms with E-state index < -0.39 is 36.3 Å². The van der Waals surface area contributed by atoms with E-state index in [1.54, 1.807) is 35.2 Å².